The molecule has 1 heterocycles. The van der Waals surface area contributed by atoms with E-state index in [0.717, 1.165) is 6.42 Å². The second kappa shape index (κ2) is 5.31. The summed E-state index contributed by atoms with van der Waals surface area (Å²) in [4.78, 5) is 11.7. The van der Waals surface area contributed by atoms with Crippen molar-refractivity contribution in [3.05, 3.63) is 21.6 Å². The molecule has 5 heteroatoms. The van der Waals surface area contributed by atoms with Crippen molar-refractivity contribution >= 4 is 17.3 Å². The molecule has 0 amide bonds. The number of nitrogens with one attached hydrogen (secondary N) is 1. The lowest BCUT2D eigenvalue weighted by Crippen LogP contribution is -2.35. The van der Waals surface area contributed by atoms with Crippen molar-refractivity contribution in [3.8, 4) is 0 Å². The Bertz CT molecular complexity index is 486. The van der Waals surface area contributed by atoms with Crippen LogP contribution < -0.4 is 10.9 Å². The van der Waals surface area contributed by atoms with Gasteiger partial charge < -0.3 is 5.32 Å². The minimum atomic E-state index is -0.252. The zero-order valence-corrected chi connectivity index (χ0v) is 11.9. The van der Waals surface area contributed by atoms with Gasteiger partial charge >= 0.3 is 0 Å². The molecule has 3 unspecified atom stereocenters. The summed E-state index contributed by atoms with van der Waals surface area (Å²) < 4.78 is 1.25. The van der Waals surface area contributed by atoms with Crippen LogP contribution in [0, 0.1) is 11.8 Å². The normalized spacial score (nSPS) is 28.1. The van der Waals surface area contributed by atoms with Crippen molar-refractivity contribution in [2.75, 3.05) is 5.32 Å². The minimum absolute atomic E-state index is 0.234. The maximum atomic E-state index is 11.7. The summed E-state index contributed by atoms with van der Waals surface area (Å²) in [6, 6.07) is 0.375. The molecule has 0 radical (unpaired) electrons. The number of nitrogens with zero attached hydrogens (tertiary/aromatic N) is 2. The third-order valence-electron chi connectivity index (χ3n) is 4.13. The van der Waals surface area contributed by atoms with Crippen LogP contribution in [0.4, 0.5) is 5.69 Å². The first-order valence-electron chi connectivity index (χ1n) is 6.49. The Morgan fingerprint density at radius 2 is 2.17 bits per heavy atom. The molecule has 4 nitrogen and oxygen atoms in total. The summed E-state index contributed by atoms with van der Waals surface area (Å²) in [5, 5.41) is 7.63. The topological polar surface area (TPSA) is 46.9 Å². The molecule has 1 saturated carbocycles. The van der Waals surface area contributed by atoms with Crippen LogP contribution in [0.1, 0.15) is 33.1 Å². The molecule has 1 aromatic rings. The first kappa shape index (κ1) is 13.4. The quantitative estimate of drug-likeness (QED) is 0.898. The average Bonchev–Trinajstić information content (AvgIpc) is 2.35. The fourth-order valence-corrected chi connectivity index (χ4v) is 2.82. The smallest absolute Gasteiger partial charge is 0.287 e. The Morgan fingerprint density at radius 1 is 1.44 bits per heavy atom. The highest BCUT2D eigenvalue weighted by atomic mass is 35.5. The van der Waals surface area contributed by atoms with Gasteiger partial charge in [-0.25, -0.2) is 4.68 Å². The third-order valence-corrected chi connectivity index (χ3v) is 4.49. The molecule has 18 heavy (non-hydrogen) atoms. The van der Waals surface area contributed by atoms with Gasteiger partial charge in [-0.2, -0.15) is 5.10 Å². The highest BCUT2D eigenvalue weighted by molar-refractivity contribution is 6.32. The van der Waals surface area contributed by atoms with Gasteiger partial charge in [-0.05, 0) is 18.3 Å². The van der Waals surface area contributed by atoms with E-state index in [1.165, 1.54) is 17.5 Å². The fourth-order valence-electron chi connectivity index (χ4n) is 2.60. The summed E-state index contributed by atoms with van der Waals surface area (Å²) >= 11 is 6.07. The predicted molar refractivity (Wildman–Crippen MR) is 74.1 cm³/mol. The number of anilines is 1. The summed E-state index contributed by atoms with van der Waals surface area (Å²) in [5.74, 6) is 1.29. The van der Waals surface area contributed by atoms with Crippen LogP contribution in [0.3, 0.4) is 0 Å². The van der Waals surface area contributed by atoms with Crippen molar-refractivity contribution < 1.29 is 0 Å². The highest BCUT2D eigenvalue weighted by Crippen LogP contribution is 2.32. The van der Waals surface area contributed by atoms with Gasteiger partial charge in [-0.3, -0.25) is 4.79 Å². The van der Waals surface area contributed by atoms with Gasteiger partial charge in [-0.15, -0.1) is 0 Å². The molecule has 1 aliphatic carbocycles. The molecule has 0 bridgehead atoms. The van der Waals surface area contributed by atoms with Crippen molar-refractivity contribution in [1.29, 1.82) is 0 Å². The van der Waals surface area contributed by atoms with E-state index in [0.29, 0.717) is 23.6 Å². The first-order valence-corrected chi connectivity index (χ1v) is 6.87. The lowest BCUT2D eigenvalue weighted by atomic mass is 9.78. The lowest BCUT2D eigenvalue weighted by Gasteiger charge is -2.35. The largest absolute Gasteiger partial charge is 0.379 e. The number of aryl methyl sites for hydroxylation is 1. The molecule has 2 rings (SSSR count). The van der Waals surface area contributed by atoms with Gasteiger partial charge in [0.15, 0.2) is 0 Å². The van der Waals surface area contributed by atoms with Gasteiger partial charge in [0.1, 0.15) is 5.02 Å². The Labute approximate surface area is 112 Å². The molecule has 1 fully saturated rings. The number of rotatable bonds is 2. The molecular formula is C13H20ClN3O. The van der Waals surface area contributed by atoms with E-state index in [2.05, 4.69) is 24.3 Å². The zero-order valence-electron chi connectivity index (χ0n) is 11.1. The number of halogens is 1. The number of hydrogen-bond donors (Lipinski definition) is 1. The van der Waals surface area contributed by atoms with Gasteiger partial charge in [0.25, 0.3) is 5.56 Å². The van der Waals surface area contributed by atoms with Crippen molar-refractivity contribution in [1.82, 2.24) is 9.78 Å². The van der Waals surface area contributed by atoms with Gasteiger partial charge in [0.05, 0.1) is 11.9 Å². The number of hydrogen-bond acceptors (Lipinski definition) is 3. The van der Waals surface area contributed by atoms with E-state index in [1.807, 2.05) is 0 Å². The maximum Gasteiger partial charge on any atom is 0.287 e. The Balaban J connectivity index is 2.19. The Hall–Kier alpha value is -1.03. The van der Waals surface area contributed by atoms with Crippen LogP contribution in [0.15, 0.2) is 11.0 Å². The van der Waals surface area contributed by atoms with Crippen LogP contribution in [0.2, 0.25) is 5.02 Å². The van der Waals surface area contributed by atoms with Crippen molar-refractivity contribution in [2.45, 2.75) is 39.2 Å². The monoisotopic (exact) mass is 269 g/mol. The fraction of sp³-hybridized carbons (Fsp3) is 0.692. The van der Waals surface area contributed by atoms with Crippen LogP contribution >= 0.6 is 11.6 Å². The van der Waals surface area contributed by atoms with E-state index in [4.69, 9.17) is 11.6 Å². The minimum Gasteiger partial charge on any atom is -0.379 e. The predicted octanol–water partition coefficient (Wildman–Crippen LogP) is 2.67. The molecule has 1 aromatic heterocycles. The SMILES string of the molecule is CC1CCCC(Nc2cnn(C)c(=O)c2Cl)C1C. The molecule has 0 aromatic carbocycles. The summed E-state index contributed by atoms with van der Waals surface area (Å²) in [6.45, 7) is 4.53. The van der Waals surface area contributed by atoms with Crippen LogP contribution in [-0.4, -0.2) is 15.8 Å². The molecule has 0 saturated heterocycles. The maximum absolute atomic E-state index is 11.7. The first-order chi connectivity index (χ1) is 8.50. The standard InChI is InChI=1S/C13H20ClN3O/c1-8-5-4-6-10(9(8)2)16-11-7-15-17(3)13(18)12(11)14/h7-10,16H,4-6H2,1-3H3. The third kappa shape index (κ3) is 2.53. The van der Waals surface area contributed by atoms with E-state index in [-0.39, 0.29) is 10.6 Å². The van der Waals surface area contributed by atoms with Gasteiger partial charge in [-0.1, -0.05) is 38.3 Å². The molecule has 1 N–H and O–H groups in total. The molecule has 3 atom stereocenters. The molecule has 100 valence electrons. The van der Waals surface area contributed by atoms with Crippen molar-refractivity contribution in [3.63, 3.8) is 0 Å². The van der Waals surface area contributed by atoms with E-state index in [9.17, 15) is 4.79 Å². The highest BCUT2D eigenvalue weighted by Gasteiger charge is 2.27. The number of aromatic nitrogens is 2. The van der Waals surface area contributed by atoms with Crippen LogP contribution in [0.25, 0.3) is 0 Å². The summed E-state index contributed by atoms with van der Waals surface area (Å²) in [5.41, 5.74) is 0.406. The zero-order chi connectivity index (χ0) is 13.3. The van der Waals surface area contributed by atoms with E-state index < -0.39 is 0 Å². The van der Waals surface area contributed by atoms with Gasteiger partial charge in [0.2, 0.25) is 0 Å². The van der Waals surface area contributed by atoms with Crippen LogP contribution in [0.5, 0.6) is 0 Å². The average molecular weight is 270 g/mol. The summed E-state index contributed by atoms with van der Waals surface area (Å²) in [7, 11) is 1.60. The van der Waals surface area contributed by atoms with Gasteiger partial charge in [0, 0.05) is 13.1 Å². The Kier molecular flexibility index (Phi) is 3.95. The van der Waals surface area contributed by atoms with E-state index >= 15 is 0 Å². The van der Waals surface area contributed by atoms with E-state index in [1.54, 1.807) is 13.2 Å². The summed E-state index contributed by atoms with van der Waals surface area (Å²) in [6.07, 6.45) is 5.26. The molecular weight excluding hydrogens is 250 g/mol. The molecule has 1 aliphatic rings. The lowest BCUT2D eigenvalue weighted by molar-refractivity contribution is 0.253. The second-order valence-corrected chi connectivity index (χ2v) is 5.70. The molecule has 0 aliphatic heterocycles. The van der Waals surface area contributed by atoms with Crippen molar-refractivity contribution in [2.24, 2.45) is 18.9 Å². The Morgan fingerprint density at radius 3 is 2.89 bits per heavy atom. The molecule has 0 spiro atoms. The second-order valence-electron chi connectivity index (χ2n) is 5.32. The van der Waals surface area contributed by atoms with Crippen LogP contribution in [-0.2, 0) is 7.05 Å².